The zero-order chi connectivity index (χ0) is 22.8. The number of nitrogens with zero attached hydrogens (tertiary/aromatic N) is 3. The first-order chi connectivity index (χ1) is 14.5. The first-order valence-corrected chi connectivity index (χ1v) is 12.8. The summed E-state index contributed by atoms with van der Waals surface area (Å²) in [6.07, 6.45) is 0. The molecule has 3 rings (SSSR count). The van der Waals surface area contributed by atoms with E-state index in [1.807, 2.05) is 5.38 Å². The van der Waals surface area contributed by atoms with Crippen LogP contribution < -0.4 is 9.62 Å². The van der Waals surface area contributed by atoms with Gasteiger partial charge >= 0.3 is 0 Å². The van der Waals surface area contributed by atoms with Crippen LogP contribution in [0.25, 0.3) is 0 Å². The lowest BCUT2D eigenvalue weighted by molar-refractivity contribution is 0.520. The third kappa shape index (κ3) is 5.03. The van der Waals surface area contributed by atoms with E-state index in [2.05, 4.69) is 9.71 Å². The van der Waals surface area contributed by atoms with E-state index in [0.29, 0.717) is 0 Å². The van der Waals surface area contributed by atoms with Crippen molar-refractivity contribution in [3.8, 4) is 0 Å². The molecule has 1 aromatic heterocycles. The van der Waals surface area contributed by atoms with Crippen LogP contribution in [0.1, 0.15) is 5.69 Å². The van der Waals surface area contributed by atoms with Gasteiger partial charge in [0.25, 0.3) is 10.0 Å². The molecule has 1 heterocycles. The SMILES string of the molecule is CN(Cc1cscn1)c1c(F)cccc1NS(=O)(=O)c1ccc(S(=O)(=O)N(C)C)cc1. The number of aromatic nitrogens is 1. The van der Waals surface area contributed by atoms with Crippen LogP contribution in [0.2, 0.25) is 0 Å². The Labute approximate surface area is 185 Å². The predicted octanol–water partition coefficient (Wildman–Crippen LogP) is 2.97. The Morgan fingerprint density at radius 2 is 1.65 bits per heavy atom. The van der Waals surface area contributed by atoms with Crippen LogP contribution in [0, 0.1) is 5.82 Å². The summed E-state index contributed by atoms with van der Waals surface area (Å²) < 4.78 is 68.1. The molecule has 0 amide bonds. The molecule has 0 atom stereocenters. The molecule has 31 heavy (non-hydrogen) atoms. The van der Waals surface area contributed by atoms with Crippen LogP contribution >= 0.6 is 11.3 Å². The smallest absolute Gasteiger partial charge is 0.261 e. The lowest BCUT2D eigenvalue weighted by atomic mass is 10.2. The highest BCUT2D eigenvalue weighted by molar-refractivity contribution is 7.92. The lowest BCUT2D eigenvalue weighted by Crippen LogP contribution is -2.23. The Morgan fingerprint density at radius 1 is 1.00 bits per heavy atom. The molecule has 2 aromatic carbocycles. The summed E-state index contributed by atoms with van der Waals surface area (Å²) in [5, 5.41) is 1.82. The van der Waals surface area contributed by atoms with E-state index in [0.717, 1.165) is 10.00 Å². The minimum absolute atomic E-state index is 0.0362. The molecule has 0 fully saturated rings. The second-order valence-corrected chi connectivity index (χ2v) is 11.4. The number of sulfonamides is 2. The quantitative estimate of drug-likeness (QED) is 0.528. The molecule has 166 valence electrons. The van der Waals surface area contributed by atoms with Crippen molar-refractivity contribution in [1.82, 2.24) is 9.29 Å². The van der Waals surface area contributed by atoms with E-state index in [-0.39, 0.29) is 27.7 Å². The molecule has 0 bridgehead atoms. The van der Waals surface area contributed by atoms with Crippen molar-refractivity contribution in [2.45, 2.75) is 16.3 Å². The minimum atomic E-state index is -4.10. The fourth-order valence-electron chi connectivity index (χ4n) is 2.83. The number of anilines is 2. The van der Waals surface area contributed by atoms with E-state index < -0.39 is 25.9 Å². The van der Waals surface area contributed by atoms with E-state index in [1.54, 1.807) is 17.5 Å². The summed E-state index contributed by atoms with van der Waals surface area (Å²) in [5.74, 6) is -0.592. The standard InChI is InChI=1S/C19H21FN4O4S3/c1-23(2)31(27,28)16-9-7-15(8-10-16)30(25,26)22-18-6-4-5-17(20)19(18)24(3)11-14-12-29-13-21-14/h4-10,12-13,22H,11H2,1-3H3. The van der Waals surface area contributed by atoms with Gasteiger partial charge in [-0.15, -0.1) is 11.3 Å². The van der Waals surface area contributed by atoms with Gasteiger partial charge in [-0.1, -0.05) is 6.07 Å². The Balaban J connectivity index is 1.91. The molecule has 12 heteroatoms. The predicted molar refractivity (Wildman–Crippen MR) is 119 cm³/mol. The molecule has 0 radical (unpaired) electrons. The van der Waals surface area contributed by atoms with Crippen molar-refractivity contribution in [3.63, 3.8) is 0 Å². The third-order valence-corrected chi connectivity index (χ3v) is 8.25. The second-order valence-electron chi connectivity index (χ2n) is 6.84. The van der Waals surface area contributed by atoms with Gasteiger partial charge in [0.2, 0.25) is 10.0 Å². The van der Waals surface area contributed by atoms with Gasteiger partial charge in [-0.3, -0.25) is 4.72 Å². The Hall–Kier alpha value is -2.54. The van der Waals surface area contributed by atoms with Gasteiger partial charge in [0.15, 0.2) is 0 Å². The highest BCUT2D eigenvalue weighted by Crippen LogP contribution is 2.31. The molecule has 3 aromatic rings. The molecular weight excluding hydrogens is 463 g/mol. The van der Waals surface area contributed by atoms with Gasteiger partial charge in [0, 0.05) is 26.5 Å². The van der Waals surface area contributed by atoms with E-state index in [4.69, 9.17) is 0 Å². The average molecular weight is 485 g/mol. The maximum atomic E-state index is 14.6. The van der Waals surface area contributed by atoms with E-state index in [9.17, 15) is 21.2 Å². The molecular formula is C19H21FN4O4S3. The van der Waals surface area contributed by atoms with E-state index in [1.165, 1.54) is 67.9 Å². The number of hydrogen-bond donors (Lipinski definition) is 1. The molecule has 0 unspecified atom stereocenters. The largest absolute Gasteiger partial charge is 0.365 e. The molecule has 0 aliphatic rings. The van der Waals surface area contributed by atoms with E-state index >= 15 is 0 Å². The molecule has 0 spiro atoms. The van der Waals surface area contributed by atoms with Crippen LogP contribution in [0.3, 0.4) is 0 Å². The number of thiazole rings is 1. The summed E-state index contributed by atoms with van der Waals surface area (Å²) in [6.45, 7) is 0.288. The topological polar surface area (TPSA) is 99.7 Å². The molecule has 1 N–H and O–H groups in total. The number of hydrogen-bond acceptors (Lipinski definition) is 7. The van der Waals surface area contributed by atoms with Crippen LogP contribution in [0.15, 0.2) is 63.1 Å². The van der Waals surface area contributed by atoms with Gasteiger partial charge in [-0.2, -0.15) is 0 Å². The highest BCUT2D eigenvalue weighted by Gasteiger charge is 2.22. The molecule has 0 saturated carbocycles. The van der Waals surface area contributed by atoms with Crippen molar-refractivity contribution in [3.05, 3.63) is 64.9 Å². The van der Waals surface area contributed by atoms with Crippen molar-refractivity contribution in [1.29, 1.82) is 0 Å². The van der Waals surface area contributed by atoms with Gasteiger partial charge in [0.1, 0.15) is 5.82 Å². The van der Waals surface area contributed by atoms with Crippen LogP contribution in [0.4, 0.5) is 15.8 Å². The minimum Gasteiger partial charge on any atom is -0.365 e. The normalized spacial score (nSPS) is 12.2. The van der Waals surface area contributed by atoms with Gasteiger partial charge in [-0.05, 0) is 36.4 Å². The van der Waals surface area contributed by atoms with Crippen LogP contribution in [-0.2, 0) is 26.6 Å². The van der Waals surface area contributed by atoms with Crippen molar-refractivity contribution in [2.75, 3.05) is 30.8 Å². The number of para-hydroxylation sites is 1. The first-order valence-electron chi connectivity index (χ1n) is 8.94. The van der Waals surface area contributed by atoms with Gasteiger partial charge < -0.3 is 4.90 Å². The van der Waals surface area contributed by atoms with Crippen molar-refractivity contribution < 1.29 is 21.2 Å². The number of benzene rings is 2. The Kier molecular flexibility index (Phi) is 6.65. The number of rotatable bonds is 8. The average Bonchev–Trinajstić information content (AvgIpc) is 3.20. The number of halogens is 1. The van der Waals surface area contributed by atoms with Gasteiger partial charge in [-0.25, -0.2) is 30.5 Å². The Morgan fingerprint density at radius 3 is 2.23 bits per heavy atom. The molecule has 0 aliphatic carbocycles. The summed E-state index contributed by atoms with van der Waals surface area (Å²) in [5.41, 5.74) is 2.52. The fourth-order valence-corrected chi connectivity index (χ4v) is 5.35. The summed E-state index contributed by atoms with van der Waals surface area (Å²) >= 11 is 1.41. The number of nitrogens with one attached hydrogen (secondary N) is 1. The van der Waals surface area contributed by atoms with Crippen molar-refractivity contribution in [2.24, 2.45) is 0 Å². The maximum absolute atomic E-state index is 14.6. The van der Waals surface area contributed by atoms with Crippen LogP contribution in [-0.4, -0.2) is 47.3 Å². The second kappa shape index (κ2) is 8.91. The molecule has 0 aliphatic heterocycles. The van der Waals surface area contributed by atoms with Crippen LogP contribution in [0.5, 0.6) is 0 Å². The molecule has 8 nitrogen and oxygen atoms in total. The zero-order valence-corrected chi connectivity index (χ0v) is 19.4. The fraction of sp³-hybridized carbons (Fsp3) is 0.211. The van der Waals surface area contributed by atoms with Gasteiger partial charge in [0.05, 0.1) is 38.9 Å². The summed E-state index contributed by atoms with van der Waals surface area (Å²) in [4.78, 5) is 5.54. The summed E-state index contributed by atoms with van der Waals surface area (Å²) in [7, 11) is -3.38. The zero-order valence-electron chi connectivity index (χ0n) is 17.0. The highest BCUT2D eigenvalue weighted by atomic mass is 32.2. The molecule has 0 saturated heterocycles. The Bertz CT molecular complexity index is 1260. The first kappa shape index (κ1) is 23.1. The monoisotopic (exact) mass is 484 g/mol. The lowest BCUT2D eigenvalue weighted by Gasteiger charge is -2.23. The van der Waals surface area contributed by atoms with Crippen molar-refractivity contribution >= 4 is 42.8 Å². The summed E-state index contributed by atoms with van der Waals surface area (Å²) in [6, 6.07) is 8.91. The maximum Gasteiger partial charge on any atom is 0.261 e. The third-order valence-electron chi connectivity index (χ3n) is 4.41.